The summed E-state index contributed by atoms with van der Waals surface area (Å²) in [7, 11) is 0. The summed E-state index contributed by atoms with van der Waals surface area (Å²) in [6, 6.07) is 0. The summed E-state index contributed by atoms with van der Waals surface area (Å²) < 4.78 is 43.1. The first-order valence-corrected chi connectivity index (χ1v) is 3.44. The van der Waals surface area contributed by atoms with Gasteiger partial charge in [0, 0.05) is 0 Å². The number of rotatable bonds is 0. The van der Waals surface area contributed by atoms with E-state index < -0.39 is 13.3 Å². The zero-order valence-electron chi connectivity index (χ0n) is 3.45. The van der Waals surface area contributed by atoms with E-state index in [9.17, 15) is 0 Å². The Kier molecular flexibility index (Phi) is 8.30. The molecule has 0 saturated heterocycles. The van der Waals surface area contributed by atoms with Crippen LogP contribution in [0.15, 0.2) is 0 Å². The zero-order valence-corrected chi connectivity index (χ0v) is 12.5. The summed E-state index contributed by atoms with van der Waals surface area (Å²) in [5.41, 5.74) is 0. The van der Waals surface area contributed by atoms with Crippen LogP contribution in [0.3, 0.4) is 0 Å². The van der Waals surface area contributed by atoms with Crippen LogP contribution in [0.4, 0.5) is 0 Å². The van der Waals surface area contributed by atoms with Gasteiger partial charge in [0.05, 0.1) is 0 Å². The summed E-state index contributed by atoms with van der Waals surface area (Å²) >= 11 is -7.62. The molecule has 0 aliphatic heterocycles. The fraction of sp³-hybridized carbons (Fsp3) is 0. The number of hydrogen-bond acceptors (Lipinski definition) is 5. The Morgan fingerprint density at radius 3 is 0.875 bits per heavy atom. The van der Waals surface area contributed by atoms with Gasteiger partial charge < -0.3 is 0 Å². The predicted octanol–water partition coefficient (Wildman–Crippen LogP) is -5.64. The molecule has 0 fully saturated rings. The molecule has 44 valence electrons. The molecular weight excluding hydrogens is 546 g/mol. The van der Waals surface area contributed by atoms with Crippen LogP contribution in [-0.4, -0.2) is 54.6 Å². The van der Waals surface area contributed by atoms with E-state index in [-0.39, 0.29) is 54.6 Å². The Bertz CT molecular complexity index is 88.1. The predicted molar refractivity (Wildman–Crippen MR) is 12.2 cm³/mol. The van der Waals surface area contributed by atoms with Gasteiger partial charge in [0.15, 0.2) is 0 Å². The van der Waals surface area contributed by atoms with E-state index in [2.05, 4.69) is 0 Å². The van der Waals surface area contributed by atoms with Gasteiger partial charge in [-0.2, -0.15) is 0 Å². The molecule has 0 amide bonds. The number of hydrogen-bond donors (Lipinski definition) is 0. The average Bonchev–Trinajstić information content (AvgIpc) is 0.650. The van der Waals surface area contributed by atoms with Crippen LogP contribution < -0.4 is 16.6 Å². The summed E-state index contributed by atoms with van der Waals surface area (Å²) in [6.45, 7) is 0. The molecule has 0 aromatic carbocycles. The van der Waals surface area contributed by atoms with Gasteiger partial charge >= 0.3 is 88.3 Å². The molecule has 0 atom stereocenters. The van der Waals surface area contributed by atoms with Crippen molar-refractivity contribution in [2.45, 2.75) is 0 Å². The van der Waals surface area contributed by atoms with Crippen LogP contribution in [0.5, 0.6) is 0 Å². The van der Waals surface area contributed by atoms with Gasteiger partial charge in [-0.05, 0) is 0 Å². The topological polar surface area (TPSA) is 109 Å². The summed E-state index contributed by atoms with van der Waals surface area (Å²) in [4.78, 5) is 0. The van der Waals surface area contributed by atoms with E-state index >= 15 is 0 Å². The Hall–Kier alpha value is 2.02. The van der Waals surface area contributed by atoms with Gasteiger partial charge in [-0.3, -0.25) is 0 Å². The van der Waals surface area contributed by atoms with Crippen molar-refractivity contribution in [1.29, 1.82) is 0 Å². The van der Waals surface area contributed by atoms with Gasteiger partial charge in [0.1, 0.15) is 0 Å². The van der Waals surface area contributed by atoms with Crippen molar-refractivity contribution >= 4 is 54.6 Å². The largest absolute Gasteiger partial charge is 2.00 e. The van der Waals surface area contributed by atoms with Crippen molar-refractivity contribution < 1.29 is 33.7 Å². The molecule has 0 rings (SSSR count). The molecule has 0 N–H and O–H groups in total. The summed E-state index contributed by atoms with van der Waals surface area (Å²) in [5.74, 6) is 0. The first kappa shape index (κ1) is 16.5. The van der Waals surface area contributed by atoms with Crippen molar-refractivity contribution in [2.24, 2.45) is 0 Å². The van der Waals surface area contributed by atoms with E-state index in [0.717, 1.165) is 0 Å². The van der Waals surface area contributed by atoms with Gasteiger partial charge in [-0.15, -0.1) is 0 Å². The van der Waals surface area contributed by atoms with E-state index in [1.54, 1.807) is 0 Å². The average molecular weight is 546 g/mol. The maximum Gasteiger partial charge on any atom is 2.00 e. The molecular formula is CrO5Pb2. The molecule has 0 heterocycles. The van der Waals surface area contributed by atoms with Gasteiger partial charge in [0.2, 0.25) is 0 Å². The second kappa shape index (κ2) is 4.01. The molecule has 0 bridgehead atoms. The standard InChI is InChI=1S/Cr.5O.2Pb/q;;4*-1;2*+2. The van der Waals surface area contributed by atoms with Crippen molar-refractivity contribution in [2.75, 3.05) is 0 Å². The minimum atomic E-state index is -7.62. The SMILES string of the molecule is [O]=[Cr]([O-])([O-])([O-])[O-].[Pb+2].[Pb+2]. The summed E-state index contributed by atoms with van der Waals surface area (Å²) in [5, 5.41) is 0. The molecule has 0 unspecified atom stereocenters. The maximum atomic E-state index is 8.62. The normalized spacial score (nSPS) is 14.2. The van der Waals surface area contributed by atoms with Crippen LogP contribution >= 0.6 is 0 Å². The first-order valence-electron chi connectivity index (χ1n) is 0.833. The quantitative estimate of drug-likeness (QED) is 0.282. The van der Waals surface area contributed by atoms with E-state index in [4.69, 9.17) is 20.4 Å². The van der Waals surface area contributed by atoms with Gasteiger partial charge in [0.25, 0.3) is 0 Å². The fourth-order valence-electron chi connectivity index (χ4n) is 0. The Morgan fingerprint density at radius 2 is 0.875 bits per heavy atom. The van der Waals surface area contributed by atoms with E-state index in [1.807, 2.05) is 0 Å². The molecule has 0 aromatic rings. The first-order chi connectivity index (χ1) is 2.24. The van der Waals surface area contributed by atoms with E-state index in [0.29, 0.717) is 0 Å². The third kappa shape index (κ3) is 97.1. The Morgan fingerprint density at radius 1 is 0.875 bits per heavy atom. The minimum Gasteiger partial charge on any atom is 2.00 e. The van der Waals surface area contributed by atoms with Crippen molar-refractivity contribution in [1.82, 2.24) is 0 Å². The van der Waals surface area contributed by atoms with Crippen LogP contribution in [0, 0.1) is 0 Å². The monoisotopic (exact) mass is 548 g/mol. The van der Waals surface area contributed by atoms with E-state index in [1.165, 1.54) is 0 Å². The van der Waals surface area contributed by atoms with Crippen molar-refractivity contribution in [3.05, 3.63) is 0 Å². The molecule has 0 aliphatic carbocycles. The third-order valence-corrected chi connectivity index (χ3v) is 0. The molecule has 0 spiro atoms. The van der Waals surface area contributed by atoms with Crippen LogP contribution in [-0.2, 0) is 17.1 Å². The second-order valence-corrected chi connectivity index (χ2v) is 2.81. The molecule has 0 aromatic heterocycles. The molecule has 5 nitrogen and oxygen atoms in total. The van der Waals surface area contributed by atoms with Crippen molar-refractivity contribution in [3.63, 3.8) is 0 Å². The molecule has 8 heteroatoms. The molecule has 4 radical (unpaired) electrons. The molecule has 0 saturated carbocycles. The Balaban J connectivity index is -0.000000125. The maximum absolute atomic E-state index is 8.62. The molecule has 8 heavy (non-hydrogen) atoms. The smallest absolute Gasteiger partial charge is 2.00 e. The van der Waals surface area contributed by atoms with Crippen LogP contribution in [0.2, 0.25) is 0 Å². The van der Waals surface area contributed by atoms with Crippen LogP contribution in [0.25, 0.3) is 0 Å². The minimum absolute atomic E-state index is 0. The Labute approximate surface area is 87.2 Å². The summed E-state index contributed by atoms with van der Waals surface area (Å²) in [6.07, 6.45) is 0. The zero-order chi connectivity index (χ0) is 5.45. The third-order valence-electron chi connectivity index (χ3n) is 0. The van der Waals surface area contributed by atoms with Gasteiger partial charge in [-0.25, -0.2) is 0 Å². The fourth-order valence-corrected chi connectivity index (χ4v) is 0. The van der Waals surface area contributed by atoms with Crippen molar-refractivity contribution in [3.8, 4) is 0 Å². The molecule has 0 aliphatic rings. The van der Waals surface area contributed by atoms with Gasteiger partial charge in [-0.1, -0.05) is 0 Å². The van der Waals surface area contributed by atoms with Crippen LogP contribution in [0.1, 0.15) is 0 Å². The second-order valence-electron chi connectivity index (χ2n) is 0.680.